The first-order chi connectivity index (χ1) is 12.0. The summed E-state index contributed by atoms with van der Waals surface area (Å²) < 4.78 is 38.2. The maximum absolute atomic E-state index is 12.7. The summed E-state index contributed by atoms with van der Waals surface area (Å²) in [6.45, 7) is 8.64. The molecule has 0 aliphatic heterocycles. The van der Waals surface area contributed by atoms with E-state index in [1.54, 1.807) is 0 Å². The number of pyridine rings is 1. The minimum Gasteiger partial charge on any atom is -0.508 e. The van der Waals surface area contributed by atoms with Crippen LogP contribution in [-0.4, -0.2) is 10.1 Å². The first-order valence-electron chi connectivity index (χ1n) is 9.16. The highest BCUT2D eigenvalue weighted by molar-refractivity contribution is 5.84. The zero-order chi connectivity index (χ0) is 19.5. The van der Waals surface area contributed by atoms with Crippen LogP contribution in [0, 0.1) is 18.3 Å². The van der Waals surface area contributed by atoms with Crippen molar-refractivity contribution < 1.29 is 18.3 Å². The van der Waals surface area contributed by atoms with Crippen LogP contribution in [-0.2, 0) is 6.18 Å². The van der Waals surface area contributed by atoms with Crippen molar-refractivity contribution in [3.8, 4) is 5.75 Å². The van der Waals surface area contributed by atoms with Crippen molar-refractivity contribution in [2.45, 2.75) is 66.0 Å². The second-order valence-electron chi connectivity index (χ2n) is 8.21. The third-order valence-corrected chi connectivity index (χ3v) is 5.06. The Kier molecular flexibility index (Phi) is 6.20. The molecule has 1 aromatic heterocycles. The summed E-state index contributed by atoms with van der Waals surface area (Å²) >= 11 is 0. The van der Waals surface area contributed by atoms with Gasteiger partial charge in [0, 0.05) is 11.1 Å². The van der Waals surface area contributed by atoms with E-state index in [-0.39, 0.29) is 16.7 Å². The Hall–Kier alpha value is -1.78. The van der Waals surface area contributed by atoms with Gasteiger partial charge in [0.25, 0.3) is 0 Å². The summed E-state index contributed by atoms with van der Waals surface area (Å²) in [5.74, 6) is 0.796. The number of alkyl halides is 3. The monoisotopic (exact) mass is 367 g/mol. The molecule has 2 nitrogen and oxygen atoms in total. The molecule has 3 rings (SSSR count). The number of hydrogen-bond donors (Lipinski definition) is 1. The molecular weight excluding hydrogens is 339 g/mol. The first-order valence-corrected chi connectivity index (χ1v) is 9.16. The molecule has 1 fully saturated rings. The van der Waals surface area contributed by atoms with Gasteiger partial charge in [-0.05, 0) is 55.4 Å². The maximum atomic E-state index is 12.7. The van der Waals surface area contributed by atoms with Crippen molar-refractivity contribution in [2.75, 3.05) is 0 Å². The zero-order valence-electron chi connectivity index (χ0n) is 16.0. The minimum atomic E-state index is -4.44. The number of hydrogen-bond acceptors (Lipinski definition) is 2. The highest BCUT2D eigenvalue weighted by atomic mass is 19.4. The molecule has 0 bridgehead atoms. The summed E-state index contributed by atoms with van der Waals surface area (Å²) in [5.41, 5.74) is 0.321. The standard InChI is InChI=1S/C11H8F3NO.C10H20/c1-6-4-9(11(12,13)14)8-5-7(16)2-3-10(8)15-6;1-10(2,3)9-7-5-4-6-8-9/h2-5,16H,1H3;9H,4-8H2,1-3H3. The maximum Gasteiger partial charge on any atom is 0.417 e. The lowest BCUT2D eigenvalue weighted by molar-refractivity contribution is -0.136. The number of phenolic OH excluding ortho intramolecular Hbond substituents is 1. The van der Waals surface area contributed by atoms with Gasteiger partial charge in [-0.15, -0.1) is 0 Å². The van der Waals surface area contributed by atoms with Crippen LogP contribution < -0.4 is 0 Å². The number of fused-ring (bicyclic) bond motifs is 1. The highest BCUT2D eigenvalue weighted by Gasteiger charge is 2.33. The molecule has 0 amide bonds. The third kappa shape index (κ3) is 5.36. The van der Waals surface area contributed by atoms with Gasteiger partial charge in [-0.1, -0.05) is 40.0 Å². The summed E-state index contributed by atoms with van der Waals surface area (Å²) in [5, 5.41) is 9.11. The number of nitrogens with zero attached hydrogens (tertiary/aromatic N) is 1. The van der Waals surface area contributed by atoms with E-state index in [9.17, 15) is 18.3 Å². The van der Waals surface area contributed by atoms with Gasteiger partial charge in [-0.25, -0.2) is 0 Å². The lowest BCUT2D eigenvalue weighted by atomic mass is 9.72. The molecular formula is C21H28F3NO. The van der Waals surface area contributed by atoms with Gasteiger partial charge in [-0.2, -0.15) is 13.2 Å². The lowest BCUT2D eigenvalue weighted by Gasteiger charge is -2.33. The average molecular weight is 367 g/mol. The van der Waals surface area contributed by atoms with Gasteiger partial charge >= 0.3 is 6.18 Å². The number of aromatic nitrogens is 1. The van der Waals surface area contributed by atoms with E-state index in [0.717, 1.165) is 18.1 Å². The first kappa shape index (κ1) is 20.5. The quantitative estimate of drug-likeness (QED) is 0.550. The molecule has 1 aliphatic rings. The van der Waals surface area contributed by atoms with Crippen LogP contribution >= 0.6 is 0 Å². The second-order valence-corrected chi connectivity index (χ2v) is 8.21. The molecule has 1 saturated carbocycles. The number of rotatable bonds is 0. The highest BCUT2D eigenvalue weighted by Crippen LogP contribution is 2.37. The molecule has 26 heavy (non-hydrogen) atoms. The van der Waals surface area contributed by atoms with Crippen LogP contribution in [0.1, 0.15) is 64.1 Å². The number of aromatic hydroxyl groups is 1. The Morgan fingerprint density at radius 1 is 1.00 bits per heavy atom. The van der Waals surface area contributed by atoms with E-state index in [1.165, 1.54) is 51.2 Å². The summed E-state index contributed by atoms with van der Waals surface area (Å²) in [7, 11) is 0. The smallest absolute Gasteiger partial charge is 0.417 e. The van der Waals surface area contributed by atoms with E-state index in [0.29, 0.717) is 11.1 Å². The molecule has 1 aliphatic carbocycles. The van der Waals surface area contributed by atoms with Gasteiger partial charge in [-0.3, -0.25) is 4.98 Å². The van der Waals surface area contributed by atoms with Crippen molar-refractivity contribution in [3.05, 3.63) is 35.5 Å². The van der Waals surface area contributed by atoms with Crippen LogP contribution in [0.2, 0.25) is 0 Å². The van der Waals surface area contributed by atoms with Gasteiger partial charge in [0.15, 0.2) is 0 Å². The summed E-state index contributed by atoms with van der Waals surface area (Å²) in [6.07, 6.45) is 2.93. The van der Waals surface area contributed by atoms with E-state index < -0.39 is 11.7 Å². The SMILES string of the molecule is CC(C)(C)C1CCCCC1.Cc1cc(C(F)(F)F)c2cc(O)ccc2n1. The molecule has 144 valence electrons. The van der Waals surface area contributed by atoms with E-state index in [4.69, 9.17) is 0 Å². The molecule has 0 saturated heterocycles. The molecule has 5 heteroatoms. The van der Waals surface area contributed by atoms with E-state index in [2.05, 4.69) is 25.8 Å². The number of aryl methyl sites for hydroxylation is 1. The molecule has 0 unspecified atom stereocenters. The van der Waals surface area contributed by atoms with Crippen molar-refractivity contribution in [2.24, 2.45) is 11.3 Å². The largest absolute Gasteiger partial charge is 0.508 e. The van der Waals surface area contributed by atoms with Crippen LogP contribution in [0.15, 0.2) is 24.3 Å². The third-order valence-electron chi connectivity index (χ3n) is 5.06. The summed E-state index contributed by atoms with van der Waals surface area (Å²) in [6, 6.07) is 4.73. The number of benzene rings is 1. The number of phenols is 1. The fourth-order valence-corrected chi connectivity index (χ4v) is 3.55. The Morgan fingerprint density at radius 2 is 1.62 bits per heavy atom. The molecule has 1 heterocycles. The van der Waals surface area contributed by atoms with Gasteiger partial charge in [0.05, 0.1) is 11.1 Å². The minimum absolute atomic E-state index is 0.0851. The lowest BCUT2D eigenvalue weighted by Crippen LogP contribution is -2.22. The molecule has 1 aromatic carbocycles. The van der Waals surface area contributed by atoms with E-state index >= 15 is 0 Å². The van der Waals surface area contributed by atoms with Crippen molar-refractivity contribution >= 4 is 10.9 Å². The van der Waals surface area contributed by atoms with Crippen LogP contribution in [0.25, 0.3) is 10.9 Å². The van der Waals surface area contributed by atoms with Crippen LogP contribution in [0.4, 0.5) is 13.2 Å². The predicted molar refractivity (Wildman–Crippen MR) is 99.2 cm³/mol. The second kappa shape index (κ2) is 7.85. The Balaban J connectivity index is 0.000000209. The zero-order valence-corrected chi connectivity index (χ0v) is 16.0. The van der Waals surface area contributed by atoms with Gasteiger partial charge < -0.3 is 5.11 Å². The van der Waals surface area contributed by atoms with E-state index in [1.807, 2.05) is 0 Å². The van der Waals surface area contributed by atoms with Crippen molar-refractivity contribution in [1.82, 2.24) is 4.98 Å². The fraction of sp³-hybridized carbons (Fsp3) is 0.571. The normalized spacial score (nSPS) is 16.3. The van der Waals surface area contributed by atoms with Gasteiger partial charge in [0.2, 0.25) is 0 Å². The topological polar surface area (TPSA) is 33.1 Å². The van der Waals surface area contributed by atoms with Crippen LogP contribution in [0.3, 0.4) is 0 Å². The van der Waals surface area contributed by atoms with Crippen molar-refractivity contribution in [1.29, 1.82) is 0 Å². The predicted octanol–water partition coefficient (Wildman–Crippen LogP) is 6.88. The Morgan fingerprint density at radius 3 is 2.12 bits per heavy atom. The van der Waals surface area contributed by atoms with Crippen molar-refractivity contribution in [3.63, 3.8) is 0 Å². The Bertz CT molecular complexity index is 741. The van der Waals surface area contributed by atoms with Crippen LogP contribution in [0.5, 0.6) is 5.75 Å². The molecule has 1 N–H and O–H groups in total. The fourth-order valence-electron chi connectivity index (χ4n) is 3.55. The molecule has 0 atom stereocenters. The molecule has 0 spiro atoms. The molecule has 2 aromatic rings. The summed E-state index contributed by atoms with van der Waals surface area (Å²) in [4.78, 5) is 3.98. The average Bonchev–Trinajstić information content (AvgIpc) is 2.54. The number of halogens is 3. The van der Waals surface area contributed by atoms with Gasteiger partial charge in [0.1, 0.15) is 5.75 Å². The molecule has 0 radical (unpaired) electrons. The Labute approximate surface area is 153 Å².